The Morgan fingerprint density at radius 3 is 2.95 bits per heavy atom. The Kier molecular flexibility index (Phi) is 2.09. The lowest BCUT2D eigenvalue weighted by Crippen LogP contribution is -2.23. The molecule has 1 fully saturated rings. The van der Waals surface area contributed by atoms with Crippen molar-refractivity contribution in [1.82, 2.24) is 20.0 Å². The molecular weight excluding hydrogens is 242 g/mol. The predicted octanol–water partition coefficient (Wildman–Crippen LogP) is 1.49. The van der Waals surface area contributed by atoms with Crippen molar-refractivity contribution in [2.24, 2.45) is 7.05 Å². The van der Waals surface area contributed by atoms with Crippen LogP contribution in [0.4, 0.5) is 5.82 Å². The van der Waals surface area contributed by atoms with Gasteiger partial charge in [-0.3, -0.25) is 14.6 Å². The summed E-state index contributed by atoms with van der Waals surface area (Å²) in [7, 11) is 1.98. The minimum absolute atomic E-state index is 0.0346. The Hall–Kier alpha value is -2.11. The molecule has 98 valence electrons. The molecule has 0 spiro atoms. The molecule has 2 N–H and O–H groups in total. The number of fused-ring (bicyclic) bond motifs is 1. The predicted molar refractivity (Wildman–Crippen MR) is 68.9 cm³/mol. The molecule has 1 saturated carbocycles. The summed E-state index contributed by atoms with van der Waals surface area (Å²) < 4.78 is 1.96. The van der Waals surface area contributed by atoms with Crippen molar-refractivity contribution in [1.29, 1.82) is 0 Å². The minimum atomic E-state index is 0.0346. The zero-order chi connectivity index (χ0) is 13.0. The molecule has 3 heterocycles. The number of aromatic nitrogens is 4. The zero-order valence-corrected chi connectivity index (χ0v) is 10.7. The summed E-state index contributed by atoms with van der Waals surface area (Å²) in [5.74, 6) is 1.45. The van der Waals surface area contributed by atoms with E-state index in [0.29, 0.717) is 12.3 Å². The lowest BCUT2D eigenvalue weighted by Gasteiger charge is -2.22. The van der Waals surface area contributed by atoms with E-state index < -0.39 is 0 Å². The van der Waals surface area contributed by atoms with E-state index in [1.807, 2.05) is 24.1 Å². The summed E-state index contributed by atoms with van der Waals surface area (Å²) in [6.45, 7) is 0. The number of rotatable bonds is 2. The first-order valence-electron chi connectivity index (χ1n) is 6.59. The lowest BCUT2D eigenvalue weighted by atomic mass is 9.87. The van der Waals surface area contributed by atoms with E-state index >= 15 is 0 Å². The highest BCUT2D eigenvalue weighted by molar-refractivity contribution is 5.94. The second kappa shape index (κ2) is 3.69. The third kappa shape index (κ3) is 1.59. The molecule has 1 atom stereocenters. The number of hydrogen-bond acceptors (Lipinski definition) is 3. The maximum absolute atomic E-state index is 11.8. The Balaban J connectivity index is 1.83. The molecule has 6 heteroatoms. The molecule has 2 aliphatic rings. The Bertz CT molecular complexity index is 652. The fraction of sp³-hybridized carbons (Fsp3) is 0.462. The highest BCUT2D eigenvalue weighted by atomic mass is 16.1. The molecule has 0 saturated heterocycles. The Morgan fingerprint density at radius 2 is 2.16 bits per heavy atom. The highest BCUT2D eigenvalue weighted by Crippen LogP contribution is 2.46. The van der Waals surface area contributed by atoms with Crippen molar-refractivity contribution in [3.8, 4) is 0 Å². The van der Waals surface area contributed by atoms with Crippen LogP contribution in [0.25, 0.3) is 0 Å². The SMILES string of the molecule is Cn1ncc(C2CC(=O)Nc3[nH]ncc32)c1C1CC1. The number of aryl methyl sites for hydroxylation is 1. The van der Waals surface area contributed by atoms with E-state index in [4.69, 9.17) is 0 Å². The smallest absolute Gasteiger partial charge is 0.226 e. The number of aromatic amines is 1. The molecule has 0 bridgehead atoms. The van der Waals surface area contributed by atoms with E-state index in [9.17, 15) is 4.79 Å². The van der Waals surface area contributed by atoms with Crippen LogP contribution in [0.15, 0.2) is 12.4 Å². The molecule has 0 aromatic carbocycles. The van der Waals surface area contributed by atoms with Crippen molar-refractivity contribution < 1.29 is 4.79 Å². The second-order valence-corrected chi connectivity index (χ2v) is 5.39. The monoisotopic (exact) mass is 257 g/mol. The van der Waals surface area contributed by atoms with Crippen molar-refractivity contribution in [2.75, 3.05) is 5.32 Å². The molecule has 2 aromatic heterocycles. The van der Waals surface area contributed by atoms with E-state index in [0.717, 1.165) is 11.4 Å². The lowest BCUT2D eigenvalue weighted by molar-refractivity contribution is -0.116. The van der Waals surface area contributed by atoms with Gasteiger partial charge in [-0.15, -0.1) is 0 Å². The summed E-state index contributed by atoms with van der Waals surface area (Å²) in [5.41, 5.74) is 3.53. The molecule has 4 rings (SSSR count). The average molecular weight is 257 g/mol. The Morgan fingerprint density at radius 1 is 1.32 bits per heavy atom. The van der Waals surface area contributed by atoms with Gasteiger partial charge in [0.05, 0.1) is 12.4 Å². The van der Waals surface area contributed by atoms with Crippen LogP contribution < -0.4 is 5.32 Å². The number of hydrogen-bond donors (Lipinski definition) is 2. The molecule has 1 aliphatic carbocycles. The fourth-order valence-corrected chi connectivity index (χ4v) is 3.01. The van der Waals surface area contributed by atoms with E-state index in [-0.39, 0.29) is 11.8 Å². The van der Waals surface area contributed by atoms with Gasteiger partial charge in [0.15, 0.2) is 0 Å². The third-order valence-electron chi connectivity index (χ3n) is 4.05. The van der Waals surface area contributed by atoms with E-state index in [1.54, 1.807) is 0 Å². The summed E-state index contributed by atoms with van der Waals surface area (Å²) in [4.78, 5) is 11.8. The summed E-state index contributed by atoms with van der Waals surface area (Å²) in [6.07, 6.45) is 6.64. The number of anilines is 1. The Labute approximate surface area is 110 Å². The van der Waals surface area contributed by atoms with Crippen molar-refractivity contribution in [2.45, 2.75) is 31.1 Å². The molecular formula is C13H15N5O. The van der Waals surface area contributed by atoms with Crippen molar-refractivity contribution >= 4 is 11.7 Å². The molecule has 1 aliphatic heterocycles. The van der Waals surface area contributed by atoms with Crippen molar-refractivity contribution in [3.63, 3.8) is 0 Å². The number of amides is 1. The third-order valence-corrected chi connectivity index (χ3v) is 4.05. The van der Waals surface area contributed by atoms with Gasteiger partial charge in [0.2, 0.25) is 5.91 Å². The molecule has 1 unspecified atom stereocenters. The first kappa shape index (κ1) is 10.8. The first-order valence-corrected chi connectivity index (χ1v) is 6.59. The summed E-state index contributed by atoms with van der Waals surface area (Å²) >= 11 is 0. The van der Waals surface area contributed by atoms with Crippen LogP contribution in [0.2, 0.25) is 0 Å². The van der Waals surface area contributed by atoms with Crippen LogP contribution in [-0.2, 0) is 11.8 Å². The fourth-order valence-electron chi connectivity index (χ4n) is 3.01. The number of carbonyl (C=O) groups is 1. The average Bonchev–Trinajstić information content (AvgIpc) is 2.97. The van der Waals surface area contributed by atoms with Crippen LogP contribution in [0.3, 0.4) is 0 Å². The minimum Gasteiger partial charge on any atom is -0.311 e. The maximum atomic E-state index is 11.8. The topological polar surface area (TPSA) is 75.6 Å². The number of carbonyl (C=O) groups excluding carboxylic acids is 1. The number of nitrogens with one attached hydrogen (secondary N) is 2. The molecule has 19 heavy (non-hydrogen) atoms. The maximum Gasteiger partial charge on any atom is 0.226 e. The van der Waals surface area contributed by atoms with Gasteiger partial charge in [-0.25, -0.2) is 0 Å². The van der Waals surface area contributed by atoms with Gasteiger partial charge in [0.25, 0.3) is 0 Å². The summed E-state index contributed by atoms with van der Waals surface area (Å²) in [6, 6.07) is 0. The van der Waals surface area contributed by atoms with Gasteiger partial charge in [0, 0.05) is 42.1 Å². The van der Waals surface area contributed by atoms with Crippen LogP contribution in [0.1, 0.15) is 47.9 Å². The van der Waals surface area contributed by atoms with Gasteiger partial charge in [0.1, 0.15) is 5.82 Å². The van der Waals surface area contributed by atoms with Gasteiger partial charge in [-0.1, -0.05) is 0 Å². The quantitative estimate of drug-likeness (QED) is 0.856. The standard InChI is InChI=1S/C13H15N5O/c1-18-12(7-2-3-7)9(6-15-18)8-4-11(19)16-13-10(8)5-14-17-13/h5-8H,2-4H2,1H3,(H2,14,16,17,19). The molecule has 6 nitrogen and oxygen atoms in total. The van der Waals surface area contributed by atoms with Crippen LogP contribution >= 0.6 is 0 Å². The first-order chi connectivity index (χ1) is 9.24. The van der Waals surface area contributed by atoms with E-state index in [1.165, 1.54) is 24.1 Å². The van der Waals surface area contributed by atoms with Crippen LogP contribution in [0.5, 0.6) is 0 Å². The highest BCUT2D eigenvalue weighted by Gasteiger charge is 2.36. The van der Waals surface area contributed by atoms with Gasteiger partial charge >= 0.3 is 0 Å². The number of nitrogens with zero attached hydrogens (tertiary/aromatic N) is 3. The number of H-pyrrole nitrogens is 1. The summed E-state index contributed by atoms with van der Waals surface area (Å²) in [5, 5.41) is 14.1. The van der Waals surface area contributed by atoms with Gasteiger partial charge in [-0.05, 0) is 12.8 Å². The largest absolute Gasteiger partial charge is 0.311 e. The molecule has 0 radical (unpaired) electrons. The van der Waals surface area contributed by atoms with Gasteiger partial charge in [-0.2, -0.15) is 10.2 Å². The van der Waals surface area contributed by atoms with Crippen molar-refractivity contribution in [3.05, 3.63) is 29.2 Å². The van der Waals surface area contributed by atoms with E-state index in [2.05, 4.69) is 20.6 Å². The second-order valence-electron chi connectivity index (χ2n) is 5.39. The normalized spacial score (nSPS) is 22.2. The molecule has 1 amide bonds. The molecule has 2 aromatic rings. The van der Waals surface area contributed by atoms with Crippen LogP contribution in [-0.4, -0.2) is 25.9 Å². The zero-order valence-electron chi connectivity index (χ0n) is 10.7. The van der Waals surface area contributed by atoms with Crippen LogP contribution in [0, 0.1) is 0 Å². The van der Waals surface area contributed by atoms with Gasteiger partial charge < -0.3 is 5.32 Å².